The van der Waals surface area contributed by atoms with Crippen LogP contribution >= 0.6 is 0 Å². The van der Waals surface area contributed by atoms with Crippen molar-refractivity contribution in [3.05, 3.63) is 71.4 Å². The number of hydrogen-bond acceptors (Lipinski definition) is 7. The molecular weight excluding hydrogens is 422 g/mol. The Labute approximate surface area is 191 Å². The molecule has 3 heterocycles. The van der Waals surface area contributed by atoms with E-state index in [2.05, 4.69) is 20.3 Å². The highest BCUT2D eigenvalue weighted by Gasteiger charge is 2.33. The topological polar surface area (TPSA) is 107 Å². The van der Waals surface area contributed by atoms with Gasteiger partial charge in [0.1, 0.15) is 5.75 Å². The SMILES string of the molecule is COc1ccc(C(=O)N2CCC[C@H]2c2ncc(C(=O)Nc3ccccc3OC)c(C)n2)cn1. The van der Waals surface area contributed by atoms with Crippen LogP contribution in [0.3, 0.4) is 0 Å². The van der Waals surface area contributed by atoms with Crippen molar-refractivity contribution in [2.75, 3.05) is 26.1 Å². The maximum absolute atomic E-state index is 13.1. The van der Waals surface area contributed by atoms with Gasteiger partial charge in [-0.25, -0.2) is 15.0 Å². The summed E-state index contributed by atoms with van der Waals surface area (Å²) in [5.41, 5.74) is 1.94. The van der Waals surface area contributed by atoms with Gasteiger partial charge in [0.2, 0.25) is 5.88 Å². The Hall–Kier alpha value is -4.01. The van der Waals surface area contributed by atoms with Crippen molar-refractivity contribution < 1.29 is 19.1 Å². The lowest BCUT2D eigenvalue weighted by molar-refractivity contribution is 0.0728. The molecule has 0 unspecified atom stereocenters. The molecule has 9 nitrogen and oxygen atoms in total. The molecule has 9 heteroatoms. The van der Waals surface area contributed by atoms with Crippen molar-refractivity contribution >= 4 is 17.5 Å². The van der Waals surface area contributed by atoms with E-state index in [1.807, 2.05) is 12.1 Å². The molecule has 33 heavy (non-hydrogen) atoms. The Morgan fingerprint density at radius 1 is 1.06 bits per heavy atom. The first-order valence-electron chi connectivity index (χ1n) is 10.6. The maximum Gasteiger partial charge on any atom is 0.259 e. The van der Waals surface area contributed by atoms with E-state index in [0.717, 1.165) is 12.8 Å². The Morgan fingerprint density at radius 2 is 1.88 bits per heavy atom. The van der Waals surface area contributed by atoms with Crippen LogP contribution in [0.4, 0.5) is 5.69 Å². The fourth-order valence-electron chi connectivity index (χ4n) is 3.88. The molecule has 4 rings (SSSR count). The molecule has 0 radical (unpaired) electrons. The molecule has 0 spiro atoms. The van der Waals surface area contributed by atoms with Gasteiger partial charge >= 0.3 is 0 Å². The third-order valence-corrected chi connectivity index (χ3v) is 5.60. The van der Waals surface area contributed by atoms with Gasteiger partial charge in [0, 0.05) is 25.0 Å². The van der Waals surface area contributed by atoms with Crippen LogP contribution in [0, 0.1) is 6.92 Å². The molecule has 1 aromatic carbocycles. The minimum atomic E-state index is -0.327. The average Bonchev–Trinajstić information content (AvgIpc) is 3.34. The van der Waals surface area contributed by atoms with E-state index >= 15 is 0 Å². The predicted molar refractivity (Wildman–Crippen MR) is 122 cm³/mol. The quantitative estimate of drug-likeness (QED) is 0.617. The molecule has 1 aliphatic rings. The van der Waals surface area contributed by atoms with E-state index in [0.29, 0.717) is 46.5 Å². The van der Waals surface area contributed by atoms with Crippen molar-refractivity contribution in [1.29, 1.82) is 0 Å². The summed E-state index contributed by atoms with van der Waals surface area (Å²) in [5.74, 6) is 1.08. The number of likely N-dealkylation sites (tertiary alicyclic amines) is 1. The van der Waals surface area contributed by atoms with Gasteiger partial charge in [0.25, 0.3) is 11.8 Å². The van der Waals surface area contributed by atoms with Crippen LogP contribution in [0.15, 0.2) is 48.8 Å². The van der Waals surface area contributed by atoms with Crippen molar-refractivity contribution in [1.82, 2.24) is 19.9 Å². The smallest absolute Gasteiger partial charge is 0.259 e. The first-order chi connectivity index (χ1) is 16.0. The second-order valence-electron chi connectivity index (χ2n) is 7.63. The van der Waals surface area contributed by atoms with Gasteiger partial charge in [-0.2, -0.15) is 0 Å². The van der Waals surface area contributed by atoms with Gasteiger partial charge in [-0.3, -0.25) is 9.59 Å². The number of para-hydroxylation sites is 2. The summed E-state index contributed by atoms with van der Waals surface area (Å²) in [4.78, 5) is 40.8. The summed E-state index contributed by atoms with van der Waals surface area (Å²) in [5, 5.41) is 2.84. The summed E-state index contributed by atoms with van der Waals surface area (Å²) in [7, 11) is 3.07. The van der Waals surface area contributed by atoms with Gasteiger partial charge in [-0.15, -0.1) is 0 Å². The first-order valence-corrected chi connectivity index (χ1v) is 10.6. The summed E-state index contributed by atoms with van der Waals surface area (Å²) < 4.78 is 10.4. The Morgan fingerprint density at radius 3 is 2.58 bits per heavy atom. The minimum absolute atomic E-state index is 0.133. The molecule has 170 valence electrons. The summed E-state index contributed by atoms with van der Waals surface area (Å²) in [6, 6.07) is 10.3. The number of carbonyl (C=O) groups is 2. The minimum Gasteiger partial charge on any atom is -0.495 e. The standard InChI is InChI=1S/C24H25N5O4/c1-15-17(23(30)28-18-7-4-5-9-20(18)32-2)14-26-22(27-15)19-8-6-12-29(19)24(31)16-10-11-21(33-3)25-13-16/h4-5,7,9-11,13-14,19H,6,8,12H2,1-3H3,(H,28,30)/t19-/m0/s1. The zero-order valence-electron chi connectivity index (χ0n) is 18.7. The van der Waals surface area contributed by atoms with Crippen LogP contribution in [0.25, 0.3) is 0 Å². The lowest BCUT2D eigenvalue weighted by atomic mass is 10.1. The second-order valence-corrected chi connectivity index (χ2v) is 7.63. The summed E-state index contributed by atoms with van der Waals surface area (Å²) in [6.45, 7) is 2.37. The monoisotopic (exact) mass is 447 g/mol. The first kappa shape index (κ1) is 22.2. The number of amides is 2. The molecule has 2 aromatic heterocycles. The molecule has 0 saturated carbocycles. The second kappa shape index (κ2) is 9.64. The molecule has 1 N–H and O–H groups in total. The molecule has 1 aliphatic heterocycles. The molecule has 1 saturated heterocycles. The van der Waals surface area contributed by atoms with E-state index in [4.69, 9.17) is 9.47 Å². The molecule has 0 aliphatic carbocycles. The van der Waals surface area contributed by atoms with Gasteiger partial charge in [0.15, 0.2) is 5.82 Å². The van der Waals surface area contributed by atoms with E-state index in [9.17, 15) is 9.59 Å². The van der Waals surface area contributed by atoms with Crippen molar-refractivity contribution in [3.8, 4) is 11.6 Å². The number of anilines is 1. The van der Waals surface area contributed by atoms with Crippen molar-refractivity contribution in [2.45, 2.75) is 25.8 Å². The van der Waals surface area contributed by atoms with E-state index in [-0.39, 0.29) is 17.9 Å². The Bertz CT molecular complexity index is 1170. The van der Waals surface area contributed by atoms with Crippen LogP contribution in [0.1, 0.15) is 51.1 Å². The van der Waals surface area contributed by atoms with Gasteiger partial charge in [-0.05, 0) is 38.0 Å². The molecule has 2 amide bonds. The average molecular weight is 447 g/mol. The number of aromatic nitrogens is 3. The number of aryl methyl sites for hydroxylation is 1. The predicted octanol–water partition coefficient (Wildman–Crippen LogP) is 3.43. The van der Waals surface area contributed by atoms with Crippen molar-refractivity contribution in [2.24, 2.45) is 0 Å². The van der Waals surface area contributed by atoms with Crippen LogP contribution in [0.5, 0.6) is 11.6 Å². The highest BCUT2D eigenvalue weighted by atomic mass is 16.5. The van der Waals surface area contributed by atoms with E-state index < -0.39 is 0 Å². The lowest BCUT2D eigenvalue weighted by Gasteiger charge is -2.24. The number of methoxy groups -OCH3 is 2. The van der Waals surface area contributed by atoms with Crippen LogP contribution in [0.2, 0.25) is 0 Å². The number of carbonyl (C=O) groups excluding carboxylic acids is 2. The molecule has 3 aromatic rings. The molecular formula is C24H25N5O4. The van der Waals surface area contributed by atoms with E-state index in [1.54, 1.807) is 43.2 Å². The number of nitrogens with one attached hydrogen (secondary N) is 1. The number of ether oxygens (including phenoxy) is 2. The van der Waals surface area contributed by atoms with Crippen LogP contribution < -0.4 is 14.8 Å². The fourth-order valence-corrected chi connectivity index (χ4v) is 3.88. The molecule has 0 bridgehead atoms. The number of rotatable bonds is 6. The third-order valence-electron chi connectivity index (χ3n) is 5.60. The largest absolute Gasteiger partial charge is 0.495 e. The number of benzene rings is 1. The fraction of sp³-hybridized carbons (Fsp3) is 0.292. The van der Waals surface area contributed by atoms with Gasteiger partial charge in [-0.1, -0.05) is 12.1 Å². The summed E-state index contributed by atoms with van der Waals surface area (Å²) in [6.07, 6.45) is 4.62. The normalized spacial score (nSPS) is 15.2. The number of hydrogen-bond donors (Lipinski definition) is 1. The van der Waals surface area contributed by atoms with Gasteiger partial charge < -0.3 is 19.7 Å². The highest BCUT2D eigenvalue weighted by molar-refractivity contribution is 6.05. The summed E-state index contributed by atoms with van der Waals surface area (Å²) >= 11 is 0. The lowest BCUT2D eigenvalue weighted by Crippen LogP contribution is -2.32. The molecule has 1 atom stereocenters. The zero-order chi connectivity index (χ0) is 23.4. The highest BCUT2D eigenvalue weighted by Crippen LogP contribution is 2.32. The zero-order valence-corrected chi connectivity index (χ0v) is 18.7. The van der Waals surface area contributed by atoms with Crippen LogP contribution in [-0.2, 0) is 0 Å². The Kier molecular flexibility index (Phi) is 6.48. The van der Waals surface area contributed by atoms with Crippen LogP contribution in [-0.4, -0.2) is 52.4 Å². The number of nitrogens with zero attached hydrogens (tertiary/aromatic N) is 4. The maximum atomic E-state index is 13.1. The molecule has 1 fully saturated rings. The van der Waals surface area contributed by atoms with E-state index in [1.165, 1.54) is 19.5 Å². The van der Waals surface area contributed by atoms with Gasteiger partial charge in [0.05, 0.1) is 42.8 Å². The Balaban J connectivity index is 1.52. The van der Waals surface area contributed by atoms with Crippen molar-refractivity contribution in [3.63, 3.8) is 0 Å². The third kappa shape index (κ3) is 4.62. The number of pyridine rings is 1.